The first-order valence-electron chi connectivity index (χ1n) is 7.55. The lowest BCUT2D eigenvalue weighted by Crippen LogP contribution is -2.52. The Morgan fingerprint density at radius 2 is 2.20 bits per heavy atom. The quantitative estimate of drug-likeness (QED) is 0.729. The van der Waals surface area contributed by atoms with Crippen LogP contribution in [0.5, 0.6) is 0 Å². The molecule has 1 amide bonds. The number of hydrogen-bond donors (Lipinski definition) is 2. The molecule has 2 fully saturated rings. The summed E-state index contributed by atoms with van der Waals surface area (Å²) in [5.41, 5.74) is 0. The maximum Gasteiger partial charge on any atom is 0.225 e. The Morgan fingerprint density at radius 3 is 2.90 bits per heavy atom. The van der Waals surface area contributed by atoms with Crippen LogP contribution < -0.4 is 5.32 Å². The molecule has 0 aromatic heterocycles. The van der Waals surface area contributed by atoms with E-state index in [1.165, 1.54) is 0 Å². The minimum Gasteiger partial charge on any atom is -0.394 e. The fraction of sp³-hybridized carbons (Fsp3) is 0.929. The Morgan fingerprint density at radius 1 is 1.45 bits per heavy atom. The molecule has 0 saturated carbocycles. The molecule has 116 valence electrons. The van der Waals surface area contributed by atoms with Crippen LogP contribution in [0.1, 0.15) is 26.2 Å². The van der Waals surface area contributed by atoms with Gasteiger partial charge >= 0.3 is 0 Å². The third-order valence-electron chi connectivity index (χ3n) is 3.99. The molecule has 6 nitrogen and oxygen atoms in total. The van der Waals surface area contributed by atoms with Crippen LogP contribution in [0.15, 0.2) is 0 Å². The molecule has 2 aliphatic heterocycles. The molecular weight excluding hydrogens is 260 g/mol. The van der Waals surface area contributed by atoms with E-state index in [1.807, 2.05) is 6.92 Å². The molecule has 2 aliphatic rings. The summed E-state index contributed by atoms with van der Waals surface area (Å²) in [5.74, 6) is 0.0909. The molecule has 0 aromatic carbocycles. The summed E-state index contributed by atoms with van der Waals surface area (Å²) in [6.07, 6.45) is 2.49. The number of carbonyl (C=O) groups excluding carboxylic acids is 1. The summed E-state index contributed by atoms with van der Waals surface area (Å²) in [4.78, 5) is 14.0. The third kappa shape index (κ3) is 4.41. The van der Waals surface area contributed by atoms with Gasteiger partial charge in [-0.1, -0.05) is 0 Å². The van der Waals surface area contributed by atoms with Gasteiger partial charge in [0.05, 0.1) is 44.5 Å². The fourth-order valence-corrected chi connectivity index (χ4v) is 2.69. The molecule has 0 aliphatic carbocycles. The molecule has 2 N–H and O–H groups in total. The van der Waals surface area contributed by atoms with E-state index < -0.39 is 0 Å². The van der Waals surface area contributed by atoms with E-state index in [1.54, 1.807) is 4.90 Å². The van der Waals surface area contributed by atoms with Crippen molar-refractivity contribution in [3.8, 4) is 0 Å². The van der Waals surface area contributed by atoms with E-state index >= 15 is 0 Å². The monoisotopic (exact) mass is 286 g/mol. The van der Waals surface area contributed by atoms with Crippen molar-refractivity contribution in [3.05, 3.63) is 0 Å². The van der Waals surface area contributed by atoms with E-state index in [0.717, 1.165) is 25.9 Å². The van der Waals surface area contributed by atoms with Gasteiger partial charge in [0.15, 0.2) is 0 Å². The molecule has 2 atom stereocenters. The molecule has 2 heterocycles. The number of carbonyl (C=O) groups is 1. The van der Waals surface area contributed by atoms with Gasteiger partial charge in [-0.15, -0.1) is 0 Å². The normalized spacial score (nSPS) is 28.6. The predicted octanol–water partition coefficient (Wildman–Crippen LogP) is -0.247. The van der Waals surface area contributed by atoms with Gasteiger partial charge in [-0.2, -0.15) is 0 Å². The first-order valence-corrected chi connectivity index (χ1v) is 7.55. The first kappa shape index (κ1) is 15.7. The Bertz CT molecular complexity index is 308. The number of hydrogen-bond acceptors (Lipinski definition) is 5. The van der Waals surface area contributed by atoms with Gasteiger partial charge in [0, 0.05) is 6.54 Å². The highest BCUT2D eigenvalue weighted by Crippen LogP contribution is 2.14. The van der Waals surface area contributed by atoms with E-state index in [9.17, 15) is 4.79 Å². The predicted molar refractivity (Wildman–Crippen MR) is 74.5 cm³/mol. The molecule has 0 radical (unpaired) electrons. The molecule has 0 aromatic rings. The van der Waals surface area contributed by atoms with Crippen molar-refractivity contribution in [2.45, 2.75) is 44.4 Å². The zero-order valence-electron chi connectivity index (χ0n) is 12.2. The summed E-state index contributed by atoms with van der Waals surface area (Å²) in [6, 6.07) is 0.0733. The average Bonchev–Trinajstić information content (AvgIpc) is 2.48. The lowest BCUT2D eigenvalue weighted by molar-refractivity contribution is -0.147. The van der Waals surface area contributed by atoms with Gasteiger partial charge < -0.3 is 24.8 Å². The molecule has 2 saturated heterocycles. The Labute approximate surface area is 120 Å². The van der Waals surface area contributed by atoms with Crippen molar-refractivity contribution >= 4 is 5.91 Å². The molecule has 2 unspecified atom stereocenters. The van der Waals surface area contributed by atoms with Gasteiger partial charge in [-0.3, -0.25) is 4.79 Å². The van der Waals surface area contributed by atoms with Gasteiger partial charge in [-0.05, 0) is 32.9 Å². The lowest BCUT2D eigenvalue weighted by atomic mass is 10.1. The molecule has 0 spiro atoms. The fourth-order valence-electron chi connectivity index (χ4n) is 2.69. The number of amides is 1. The van der Waals surface area contributed by atoms with E-state index in [4.69, 9.17) is 14.6 Å². The van der Waals surface area contributed by atoms with E-state index in [-0.39, 0.29) is 30.8 Å². The number of morpholine rings is 1. The second-order valence-corrected chi connectivity index (χ2v) is 5.60. The van der Waals surface area contributed by atoms with Crippen molar-refractivity contribution in [1.29, 1.82) is 0 Å². The van der Waals surface area contributed by atoms with E-state index in [0.29, 0.717) is 26.2 Å². The first-order chi connectivity index (χ1) is 9.70. The highest BCUT2D eigenvalue weighted by Gasteiger charge is 2.29. The largest absolute Gasteiger partial charge is 0.394 e. The summed E-state index contributed by atoms with van der Waals surface area (Å²) in [6.45, 7) is 5.38. The zero-order chi connectivity index (χ0) is 14.4. The second-order valence-electron chi connectivity index (χ2n) is 5.60. The molecule has 6 heteroatoms. The SMILES string of the molecule is CC1COC(CO)CN1C(=O)CCOC1CCNCC1. The van der Waals surface area contributed by atoms with Crippen LogP contribution in [0.4, 0.5) is 0 Å². The molecular formula is C14H26N2O4. The number of rotatable bonds is 5. The van der Waals surface area contributed by atoms with Crippen LogP contribution in [0.25, 0.3) is 0 Å². The average molecular weight is 286 g/mol. The van der Waals surface area contributed by atoms with Crippen LogP contribution in [0, 0.1) is 0 Å². The highest BCUT2D eigenvalue weighted by molar-refractivity contribution is 5.76. The van der Waals surface area contributed by atoms with Crippen LogP contribution in [-0.2, 0) is 14.3 Å². The summed E-state index contributed by atoms with van der Waals surface area (Å²) in [7, 11) is 0. The maximum atomic E-state index is 12.2. The van der Waals surface area contributed by atoms with Crippen molar-refractivity contribution < 1.29 is 19.4 Å². The Kier molecular flexibility index (Phi) is 6.22. The summed E-state index contributed by atoms with van der Waals surface area (Å²) in [5, 5.41) is 12.4. The zero-order valence-corrected chi connectivity index (χ0v) is 12.2. The van der Waals surface area contributed by atoms with Crippen LogP contribution >= 0.6 is 0 Å². The van der Waals surface area contributed by atoms with Crippen molar-refractivity contribution in [2.75, 3.05) is 39.5 Å². The molecule has 0 bridgehead atoms. The van der Waals surface area contributed by atoms with Gasteiger partial charge in [0.2, 0.25) is 5.91 Å². The number of piperidine rings is 1. The minimum atomic E-state index is -0.250. The standard InChI is InChI=1S/C14H26N2O4/c1-11-10-20-13(9-17)8-16(11)14(18)4-7-19-12-2-5-15-6-3-12/h11-13,15,17H,2-10H2,1H3. The lowest BCUT2D eigenvalue weighted by Gasteiger charge is -2.37. The van der Waals surface area contributed by atoms with Crippen molar-refractivity contribution in [1.82, 2.24) is 10.2 Å². The number of nitrogens with one attached hydrogen (secondary N) is 1. The smallest absolute Gasteiger partial charge is 0.225 e. The molecule has 2 rings (SSSR count). The van der Waals surface area contributed by atoms with E-state index in [2.05, 4.69) is 5.32 Å². The summed E-state index contributed by atoms with van der Waals surface area (Å²) < 4.78 is 11.2. The van der Waals surface area contributed by atoms with Crippen molar-refractivity contribution in [3.63, 3.8) is 0 Å². The van der Waals surface area contributed by atoms with Crippen LogP contribution in [0.2, 0.25) is 0 Å². The highest BCUT2D eigenvalue weighted by atomic mass is 16.5. The maximum absolute atomic E-state index is 12.2. The van der Waals surface area contributed by atoms with Crippen LogP contribution in [0.3, 0.4) is 0 Å². The number of nitrogens with zero attached hydrogens (tertiary/aromatic N) is 1. The topological polar surface area (TPSA) is 71.0 Å². The number of aliphatic hydroxyl groups excluding tert-OH is 1. The third-order valence-corrected chi connectivity index (χ3v) is 3.99. The van der Waals surface area contributed by atoms with Gasteiger partial charge in [-0.25, -0.2) is 0 Å². The van der Waals surface area contributed by atoms with Gasteiger partial charge in [0.1, 0.15) is 0 Å². The molecule has 20 heavy (non-hydrogen) atoms. The Balaban J connectivity index is 1.70. The number of ether oxygens (including phenoxy) is 2. The van der Waals surface area contributed by atoms with Gasteiger partial charge in [0.25, 0.3) is 0 Å². The van der Waals surface area contributed by atoms with Crippen LogP contribution in [-0.4, -0.2) is 73.6 Å². The minimum absolute atomic E-state index is 0.0396. The summed E-state index contributed by atoms with van der Waals surface area (Å²) >= 11 is 0. The second kappa shape index (κ2) is 7.93. The van der Waals surface area contributed by atoms with Crippen molar-refractivity contribution in [2.24, 2.45) is 0 Å². The Hall–Kier alpha value is -0.690. The number of aliphatic hydroxyl groups is 1.